The van der Waals surface area contributed by atoms with Gasteiger partial charge < -0.3 is 14.2 Å². The van der Waals surface area contributed by atoms with Gasteiger partial charge in [0.2, 0.25) is 0 Å². The highest BCUT2D eigenvalue weighted by atomic mass is 16.5. The molecule has 0 radical (unpaired) electrons. The lowest BCUT2D eigenvalue weighted by atomic mass is 9.50. The maximum atomic E-state index is 12.9. The predicted molar refractivity (Wildman–Crippen MR) is 88.6 cm³/mol. The van der Waals surface area contributed by atoms with Crippen LogP contribution >= 0.6 is 0 Å². The van der Waals surface area contributed by atoms with Gasteiger partial charge in [-0.3, -0.25) is 19.2 Å². The topological polar surface area (TPSA) is 96.0 Å². The molecule has 3 rings (SSSR count). The summed E-state index contributed by atoms with van der Waals surface area (Å²) >= 11 is 0. The first-order chi connectivity index (χ1) is 12.3. The van der Waals surface area contributed by atoms with Crippen molar-refractivity contribution in [2.45, 2.75) is 39.0 Å². The van der Waals surface area contributed by atoms with Crippen molar-refractivity contribution in [1.82, 2.24) is 0 Å². The Morgan fingerprint density at radius 2 is 1.58 bits per heavy atom. The Hall–Kier alpha value is -1.92. The number of ether oxygens (including phenoxy) is 3. The van der Waals surface area contributed by atoms with Crippen LogP contribution in [0.5, 0.6) is 0 Å². The van der Waals surface area contributed by atoms with Crippen molar-refractivity contribution in [3.63, 3.8) is 0 Å². The summed E-state index contributed by atoms with van der Waals surface area (Å²) in [4.78, 5) is 51.1. The van der Waals surface area contributed by atoms with E-state index in [-0.39, 0.29) is 30.5 Å². The number of methoxy groups -OCH3 is 3. The van der Waals surface area contributed by atoms with E-state index in [1.54, 1.807) is 6.92 Å². The van der Waals surface area contributed by atoms with E-state index < -0.39 is 40.6 Å². The lowest BCUT2D eigenvalue weighted by Gasteiger charge is -2.52. The van der Waals surface area contributed by atoms with Crippen LogP contribution in [0, 0.1) is 34.5 Å². The second kappa shape index (κ2) is 6.35. The molecule has 0 saturated heterocycles. The summed E-state index contributed by atoms with van der Waals surface area (Å²) in [6.07, 6.45) is 2.22. The molecule has 0 aliphatic heterocycles. The van der Waals surface area contributed by atoms with E-state index in [9.17, 15) is 19.2 Å². The Bertz CT molecular complexity index is 638. The lowest BCUT2D eigenvalue weighted by Crippen LogP contribution is -2.57. The zero-order valence-corrected chi connectivity index (χ0v) is 15.7. The summed E-state index contributed by atoms with van der Waals surface area (Å²) in [6, 6.07) is 0. The van der Waals surface area contributed by atoms with Crippen LogP contribution in [0.15, 0.2) is 0 Å². The van der Waals surface area contributed by atoms with Gasteiger partial charge in [0.1, 0.15) is 5.78 Å². The van der Waals surface area contributed by atoms with Crippen LogP contribution in [-0.2, 0) is 33.4 Å². The van der Waals surface area contributed by atoms with Gasteiger partial charge in [-0.2, -0.15) is 0 Å². The summed E-state index contributed by atoms with van der Waals surface area (Å²) in [7, 11) is 3.82. The van der Waals surface area contributed by atoms with E-state index in [0.29, 0.717) is 19.3 Å². The van der Waals surface area contributed by atoms with E-state index in [1.807, 2.05) is 0 Å². The Labute approximate surface area is 152 Å². The molecule has 26 heavy (non-hydrogen) atoms. The third-order valence-corrected chi connectivity index (χ3v) is 7.24. The van der Waals surface area contributed by atoms with Gasteiger partial charge in [0.25, 0.3) is 0 Å². The smallest absolute Gasteiger partial charge is 0.323 e. The minimum absolute atomic E-state index is 0.0113. The molecular formula is C19H26O7. The Balaban J connectivity index is 2.19. The number of ketones is 1. The monoisotopic (exact) mass is 366 g/mol. The quantitative estimate of drug-likeness (QED) is 0.424. The van der Waals surface area contributed by atoms with E-state index in [2.05, 4.69) is 0 Å². The van der Waals surface area contributed by atoms with Crippen LogP contribution in [0.2, 0.25) is 0 Å². The van der Waals surface area contributed by atoms with E-state index in [0.717, 1.165) is 0 Å². The Morgan fingerprint density at radius 1 is 1.00 bits per heavy atom. The highest BCUT2D eigenvalue weighted by Gasteiger charge is 2.73. The largest absolute Gasteiger partial charge is 0.469 e. The number of carbonyl (C=O) groups excluding carboxylic acids is 4. The molecule has 0 aromatic rings. The maximum absolute atomic E-state index is 12.9. The van der Waals surface area contributed by atoms with Gasteiger partial charge in [-0.15, -0.1) is 0 Å². The molecule has 0 bridgehead atoms. The Morgan fingerprint density at radius 3 is 2.12 bits per heavy atom. The molecule has 0 heterocycles. The van der Waals surface area contributed by atoms with Crippen molar-refractivity contribution in [3.8, 4) is 0 Å². The molecule has 0 aromatic carbocycles. The average molecular weight is 366 g/mol. The molecule has 7 nitrogen and oxygen atoms in total. The van der Waals surface area contributed by atoms with Crippen LogP contribution in [-0.4, -0.2) is 45.0 Å². The molecule has 5 atom stereocenters. The molecule has 3 saturated carbocycles. The first kappa shape index (κ1) is 18.9. The summed E-state index contributed by atoms with van der Waals surface area (Å²) < 4.78 is 15.1. The molecule has 0 N–H and O–H groups in total. The Kier molecular flexibility index (Phi) is 4.61. The van der Waals surface area contributed by atoms with Crippen molar-refractivity contribution < 1.29 is 33.4 Å². The predicted octanol–water partition coefficient (Wildman–Crippen LogP) is 1.52. The lowest BCUT2D eigenvalue weighted by molar-refractivity contribution is -0.184. The molecule has 0 unspecified atom stereocenters. The van der Waals surface area contributed by atoms with Gasteiger partial charge in [-0.1, -0.05) is 13.3 Å². The molecule has 0 amide bonds. The van der Waals surface area contributed by atoms with Crippen LogP contribution in [0.25, 0.3) is 0 Å². The summed E-state index contributed by atoms with van der Waals surface area (Å²) in [5, 5.41) is 0. The first-order valence-electron chi connectivity index (χ1n) is 9.09. The van der Waals surface area contributed by atoms with E-state index in [4.69, 9.17) is 14.2 Å². The number of hydrogen-bond donors (Lipinski definition) is 0. The van der Waals surface area contributed by atoms with Gasteiger partial charge in [0.05, 0.1) is 26.7 Å². The summed E-state index contributed by atoms with van der Waals surface area (Å²) in [5.74, 6) is -3.09. The normalized spacial score (nSPS) is 37.5. The molecule has 7 heteroatoms. The van der Waals surface area contributed by atoms with Gasteiger partial charge in [-0.25, -0.2) is 0 Å². The standard InChI is InChI=1S/C19H26O7/c1-10-13(20)8-11-9-19(16(22)25-3,17(23)26-4)12-6-5-7-18(10,14(11)12)15(21)24-2/h10-12,14H,5-9H2,1-4H3/t10-,11+,12+,14+,18-/m1/s1. The highest BCUT2D eigenvalue weighted by molar-refractivity contribution is 6.02. The number of hydrogen-bond acceptors (Lipinski definition) is 7. The van der Waals surface area contributed by atoms with Gasteiger partial charge in [-0.05, 0) is 37.0 Å². The van der Waals surface area contributed by atoms with Crippen LogP contribution in [0.4, 0.5) is 0 Å². The maximum Gasteiger partial charge on any atom is 0.323 e. The second-order valence-electron chi connectivity index (χ2n) is 7.87. The number of carbonyl (C=O) groups is 4. The molecule has 3 aliphatic carbocycles. The number of rotatable bonds is 3. The van der Waals surface area contributed by atoms with Crippen molar-refractivity contribution in [2.75, 3.05) is 21.3 Å². The fraction of sp³-hybridized carbons (Fsp3) is 0.789. The van der Waals surface area contributed by atoms with Gasteiger partial charge in [0.15, 0.2) is 5.41 Å². The molecule has 3 fully saturated rings. The zero-order valence-electron chi connectivity index (χ0n) is 15.7. The van der Waals surface area contributed by atoms with Crippen LogP contribution in [0.1, 0.15) is 39.0 Å². The van der Waals surface area contributed by atoms with E-state index >= 15 is 0 Å². The summed E-state index contributed by atoms with van der Waals surface area (Å²) in [5.41, 5.74) is -2.44. The summed E-state index contributed by atoms with van der Waals surface area (Å²) in [6.45, 7) is 1.77. The van der Waals surface area contributed by atoms with Crippen molar-refractivity contribution in [1.29, 1.82) is 0 Å². The van der Waals surface area contributed by atoms with Crippen LogP contribution < -0.4 is 0 Å². The van der Waals surface area contributed by atoms with Gasteiger partial charge in [0, 0.05) is 12.3 Å². The molecule has 0 aromatic heterocycles. The zero-order chi connectivity index (χ0) is 19.3. The van der Waals surface area contributed by atoms with Crippen molar-refractivity contribution in [2.24, 2.45) is 34.5 Å². The first-order valence-corrected chi connectivity index (χ1v) is 9.09. The molecule has 3 aliphatic rings. The fourth-order valence-corrected chi connectivity index (χ4v) is 6.26. The average Bonchev–Trinajstić information content (AvgIpc) is 3.00. The third kappa shape index (κ3) is 2.12. The van der Waals surface area contributed by atoms with Crippen LogP contribution in [0.3, 0.4) is 0 Å². The highest BCUT2D eigenvalue weighted by Crippen LogP contribution is 2.67. The van der Waals surface area contributed by atoms with Crippen molar-refractivity contribution in [3.05, 3.63) is 0 Å². The van der Waals surface area contributed by atoms with Crippen molar-refractivity contribution >= 4 is 23.7 Å². The van der Waals surface area contributed by atoms with E-state index in [1.165, 1.54) is 21.3 Å². The molecular weight excluding hydrogens is 340 g/mol. The minimum Gasteiger partial charge on any atom is -0.469 e. The van der Waals surface area contributed by atoms with Gasteiger partial charge >= 0.3 is 17.9 Å². The minimum atomic E-state index is -1.46. The second-order valence-corrected chi connectivity index (χ2v) is 7.87. The number of Topliss-reactive ketones (excluding diaryl/α,β-unsaturated/α-hetero) is 1. The SMILES string of the molecule is COC(=O)C1(C(=O)OC)C[C@@H]2CC(=O)[C@@H](C)[C@]3(C(=O)OC)CCC[C@H]1[C@H]23. The fourth-order valence-electron chi connectivity index (χ4n) is 6.26. The molecule has 144 valence electrons. The third-order valence-electron chi connectivity index (χ3n) is 7.24. The number of esters is 3. The molecule has 0 spiro atoms.